The molecule has 12 heteroatoms. The van der Waals surface area contributed by atoms with Crippen LogP contribution in [0, 0.1) is 11.6 Å². The van der Waals surface area contributed by atoms with Gasteiger partial charge in [-0.25, -0.2) is 17.2 Å². The Morgan fingerprint density at radius 3 is 2.50 bits per heavy atom. The van der Waals surface area contributed by atoms with Crippen molar-refractivity contribution in [1.29, 1.82) is 0 Å². The summed E-state index contributed by atoms with van der Waals surface area (Å²) in [4.78, 5) is 12.6. The second-order valence-corrected chi connectivity index (χ2v) is 9.18. The first-order valence-electron chi connectivity index (χ1n) is 9.01. The molecule has 0 aliphatic rings. The van der Waals surface area contributed by atoms with Gasteiger partial charge in [-0.15, -0.1) is 0 Å². The molecular formula is C20H13ClF2N4O3S2. The van der Waals surface area contributed by atoms with E-state index in [0.29, 0.717) is 5.52 Å². The zero-order chi connectivity index (χ0) is 22.9. The molecule has 1 amide bonds. The van der Waals surface area contributed by atoms with Crippen LogP contribution in [0.1, 0.15) is 15.9 Å². The maximum atomic E-state index is 13.8. The summed E-state index contributed by atoms with van der Waals surface area (Å²) >= 11 is 6.87. The zero-order valence-electron chi connectivity index (χ0n) is 16.0. The Hall–Kier alpha value is -3.15. The largest absolute Gasteiger partial charge is 0.348 e. The number of aromatic nitrogens is 2. The van der Waals surface area contributed by atoms with E-state index < -0.39 is 34.1 Å². The predicted octanol–water partition coefficient (Wildman–Crippen LogP) is 4.35. The van der Waals surface area contributed by atoms with Gasteiger partial charge in [-0.05, 0) is 42.5 Å². The van der Waals surface area contributed by atoms with Crippen LogP contribution in [0.4, 0.5) is 14.5 Å². The molecule has 164 valence electrons. The Labute approximate surface area is 190 Å². The third-order valence-electron chi connectivity index (χ3n) is 4.50. The smallest absolute Gasteiger partial charge is 0.264 e. The van der Waals surface area contributed by atoms with Crippen molar-refractivity contribution in [2.75, 3.05) is 4.72 Å². The van der Waals surface area contributed by atoms with Crippen LogP contribution in [0.2, 0.25) is 5.02 Å². The van der Waals surface area contributed by atoms with Crippen molar-refractivity contribution >= 4 is 56.0 Å². The molecular weight excluding hydrogens is 482 g/mol. The fourth-order valence-electron chi connectivity index (χ4n) is 2.96. The summed E-state index contributed by atoms with van der Waals surface area (Å²) in [6, 6.07) is 11.8. The van der Waals surface area contributed by atoms with Gasteiger partial charge in [0, 0.05) is 17.1 Å². The van der Waals surface area contributed by atoms with Gasteiger partial charge in [-0.3, -0.25) is 9.52 Å². The molecule has 0 fully saturated rings. The lowest BCUT2D eigenvalue weighted by Gasteiger charge is -2.14. The summed E-state index contributed by atoms with van der Waals surface area (Å²) in [5.41, 5.74) is 0.0871. The molecule has 0 bridgehead atoms. The fourth-order valence-corrected chi connectivity index (χ4v) is 4.97. The molecule has 1 heterocycles. The van der Waals surface area contributed by atoms with E-state index in [2.05, 4.69) is 18.8 Å². The first-order valence-corrected chi connectivity index (χ1v) is 11.6. The highest BCUT2D eigenvalue weighted by atomic mass is 35.5. The van der Waals surface area contributed by atoms with E-state index in [0.717, 1.165) is 23.9 Å². The molecule has 32 heavy (non-hydrogen) atoms. The van der Waals surface area contributed by atoms with Gasteiger partial charge in [-0.2, -0.15) is 8.75 Å². The lowest BCUT2D eigenvalue weighted by molar-refractivity contribution is 0.0951. The quantitative estimate of drug-likeness (QED) is 0.415. The molecule has 4 rings (SSSR count). The summed E-state index contributed by atoms with van der Waals surface area (Å²) in [5.74, 6) is -2.38. The molecule has 0 saturated heterocycles. The van der Waals surface area contributed by atoms with E-state index in [9.17, 15) is 22.0 Å². The number of anilines is 1. The molecule has 4 aromatic rings. The number of fused-ring (bicyclic) bond motifs is 1. The summed E-state index contributed by atoms with van der Waals surface area (Å²) < 4.78 is 64.1. The van der Waals surface area contributed by atoms with E-state index >= 15 is 0 Å². The van der Waals surface area contributed by atoms with Gasteiger partial charge in [-0.1, -0.05) is 23.7 Å². The fraction of sp³-hybridized carbons (Fsp3) is 0.0500. The second kappa shape index (κ2) is 8.77. The Bertz CT molecular complexity index is 1420. The number of nitrogens with one attached hydrogen (secondary N) is 2. The number of carbonyl (C=O) groups is 1. The number of hydrogen-bond donors (Lipinski definition) is 2. The number of benzene rings is 3. The predicted molar refractivity (Wildman–Crippen MR) is 117 cm³/mol. The maximum absolute atomic E-state index is 13.8. The van der Waals surface area contributed by atoms with Crippen molar-refractivity contribution in [2.24, 2.45) is 0 Å². The molecule has 7 nitrogen and oxygen atoms in total. The van der Waals surface area contributed by atoms with Crippen molar-refractivity contribution < 1.29 is 22.0 Å². The van der Waals surface area contributed by atoms with Crippen LogP contribution in [0.3, 0.4) is 0 Å². The Morgan fingerprint density at radius 2 is 1.75 bits per heavy atom. The molecule has 0 aliphatic carbocycles. The monoisotopic (exact) mass is 494 g/mol. The van der Waals surface area contributed by atoms with Crippen LogP contribution in [0.25, 0.3) is 11.0 Å². The average molecular weight is 495 g/mol. The molecule has 2 N–H and O–H groups in total. The SMILES string of the molecule is O=C(NCc1c(F)cccc1F)c1ccc(Cl)cc1NS(=O)(=O)c1cccc2nsnc12. The van der Waals surface area contributed by atoms with Crippen molar-refractivity contribution in [2.45, 2.75) is 11.4 Å². The minimum absolute atomic E-state index is 0.0849. The third-order valence-corrected chi connectivity index (χ3v) is 6.67. The van der Waals surface area contributed by atoms with Gasteiger partial charge in [0.2, 0.25) is 0 Å². The van der Waals surface area contributed by atoms with Gasteiger partial charge < -0.3 is 5.32 Å². The lowest BCUT2D eigenvalue weighted by Crippen LogP contribution is -2.26. The van der Waals surface area contributed by atoms with Gasteiger partial charge in [0.25, 0.3) is 15.9 Å². The van der Waals surface area contributed by atoms with Crippen LogP contribution in [0.5, 0.6) is 0 Å². The standard InChI is InChI=1S/C20H13ClF2N4O3S2/c21-11-7-8-12(20(28)24-10-13-14(22)3-1-4-15(13)23)17(9-11)27-32(29,30)18-6-2-5-16-19(18)26-31-25-16/h1-9,27H,10H2,(H,24,28). The second-order valence-electron chi connectivity index (χ2n) is 6.57. The Kier molecular flexibility index (Phi) is 6.04. The summed E-state index contributed by atoms with van der Waals surface area (Å²) in [6.45, 7) is -0.435. The highest BCUT2D eigenvalue weighted by Gasteiger charge is 2.23. The normalized spacial score (nSPS) is 11.5. The van der Waals surface area contributed by atoms with Crippen LogP contribution < -0.4 is 10.0 Å². The summed E-state index contributed by atoms with van der Waals surface area (Å²) in [6.07, 6.45) is 0. The number of sulfonamides is 1. The minimum Gasteiger partial charge on any atom is -0.348 e. The molecule has 3 aromatic carbocycles. The zero-order valence-corrected chi connectivity index (χ0v) is 18.4. The van der Waals surface area contributed by atoms with E-state index in [4.69, 9.17) is 11.6 Å². The van der Waals surface area contributed by atoms with Crippen molar-refractivity contribution in [1.82, 2.24) is 14.1 Å². The van der Waals surface area contributed by atoms with E-state index in [1.807, 2.05) is 0 Å². The van der Waals surface area contributed by atoms with E-state index in [1.165, 1.54) is 36.4 Å². The molecule has 0 spiro atoms. The summed E-state index contributed by atoms with van der Waals surface area (Å²) in [5, 5.41) is 2.56. The number of amides is 1. The highest BCUT2D eigenvalue weighted by molar-refractivity contribution is 7.93. The van der Waals surface area contributed by atoms with Crippen LogP contribution in [0.15, 0.2) is 59.5 Å². The van der Waals surface area contributed by atoms with Gasteiger partial charge in [0.1, 0.15) is 27.6 Å². The van der Waals surface area contributed by atoms with Crippen molar-refractivity contribution in [3.05, 3.63) is 82.4 Å². The lowest BCUT2D eigenvalue weighted by atomic mass is 10.1. The van der Waals surface area contributed by atoms with Crippen LogP contribution >= 0.6 is 23.3 Å². The minimum atomic E-state index is -4.17. The van der Waals surface area contributed by atoms with E-state index in [1.54, 1.807) is 6.07 Å². The molecule has 0 unspecified atom stereocenters. The third kappa shape index (κ3) is 4.40. The number of nitrogens with zero attached hydrogens (tertiary/aromatic N) is 2. The summed E-state index contributed by atoms with van der Waals surface area (Å²) in [7, 11) is -4.17. The van der Waals surface area contributed by atoms with Crippen LogP contribution in [-0.2, 0) is 16.6 Å². The molecule has 0 saturated carbocycles. The van der Waals surface area contributed by atoms with Crippen molar-refractivity contribution in [3.63, 3.8) is 0 Å². The molecule has 0 aliphatic heterocycles. The number of rotatable bonds is 6. The Morgan fingerprint density at radius 1 is 1.03 bits per heavy atom. The topological polar surface area (TPSA) is 101 Å². The highest BCUT2D eigenvalue weighted by Crippen LogP contribution is 2.27. The van der Waals surface area contributed by atoms with E-state index in [-0.39, 0.29) is 32.2 Å². The van der Waals surface area contributed by atoms with Crippen molar-refractivity contribution in [3.8, 4) is 0 Å². The first kappa shape index (κ1) is 22.1. The van der Waals surface area contributed by atoms with Gasteiger partial charge in [0.05, 0.1) is 23.0 Å². The molecule has 0 atom stereocenters. The van der Waals surface area contributed by atoms with Gasteiger partial charge in [0.15, 0.2) is 0 Å². The van der Waals surface area contributed by atoms with Crippen LogP contribution in [-0.4, -0.2) is 23.1 Å². The average Bonchev–Trinajstić information content (AvgIpc) is 3.22. The first-order chi connectivity index (χ1) is 15.3. The number of halogens is 3. The molecule has 1 aromatic heterocycles. The number of hydrogen-bond acceptors (Lipinski definition) is 6. The maximum Gasteiger partial charge on any atom is 0.264 e. The molecule has 0 radical (unpaired) electrons. The Balaban J connectivity index is 1.64. The van der Waals surface area contributed by atoms with Gasteiger partial charge >= 0.3 is 0 Å². The number of carbonyl (C=O) groups excluding carboxylic acids is 1.